The topological polar surface area (TPSA) is 71.3 Å². The van der Waals surface area contributed by atoms with E-state index in [2.05, 4.69) is 5.32 Å². The maximum atomic E-state index is 12.8. The summed E-state index contributed by atoms with van der Waals surface area (Å²) in [7, 11) is 0. The number of anilines is 1. The Kier molecular flexibility index (Phi) is 8.32. The van der Waals surface area contributed by atoms with Gasteiger partial charge in [-0.2, -0.15) is 5.26 Å². The van der Waals surface area contributed by atoms with Gasteiger partial charge in [0.05, 0.1) is 18.2 Å². The van der Waals surface area contributed by atoms with E-state index in [4.69, 9.17) is 21.1 Å². The number of ether oxygens (including phenoxy) is 2. The van der Waals surface area contributed by atoms with Gasteiger partial charge in [-0.25, -0.2) is 0 Å². The molecule has 0 aliphatic carbocycles. The Morgan fingerprint density at radius 3 is 2.37 bits per heavy atom. The molecule has 0 saturated carbocycles. The summed E-state index contributed by atoms with van der Waals surface area (Å²) in [5.74, 6) is 0.465. The van der Waals surface area contributed by atoms with E-state index in [0.717, 1.165) is 23.1 Å². The van der Waals surface area contributed by atoms with Gasteiger partial charge in [0, 0.05) is 5.69 Å². The lowest BCUT2D eigenvalue weighted by molar-refractivity contribution is -0.112. The first-order valence-electron chi connectivity index (χ1n) is 9.90. The molecule has 1 N–H and O–H groups in total. The number of carbonyl (C=O) groups is 1. The monoisotopic (exact) mass is 426 g/mol. The molecule has 2 rings (SSSR count). The summed E-state index contributed by atoms with van der Waals surface area (Å²) in [6, 6.07) is 9.32. The van der Waals surface area contributed by atoms with E-state index >= 15 is 0 Å². The van der Waals surface area contributed by atoms with E-state index in [1.165, 1.54) is 6.08 Å². The predicted octanol–water partition coefficient (Wildman–Crippen LogP) is 6.00. The highest BCUT2D eigenvalue weighted by Crippen LogP contribution is 2.37. The van der Waals surface area contributed by atoms with Crippen LogP contribution in [0.3, 0.4) is 0 Å². The van der Waals surface area contributed by atoms with Crippen LogP contribution in [0, 0.1) is 32.1 Å². The van der Waals surface area contributed by atoms with Gasteiger partial charge in [-0.3, -0.25) is 4.79 Å². The Labute approximate surface area is 183 Å². The molecule has 0 unspecified atom stereocenters. The predicted molar refractivity (Wildman–Crippen MR) is 121 cm³/mol. The standard InChI is InChI=1S/C24H27ClN2O3/c1-6-8-30-23-20(25)12-18(13-21(23)29-7-2)11-19(14-26)24(28)27-22-16(4)9-15(3)10-17(22)5/h9-13H,6-8H2,1-5H3,(H,27,28)/b19-11+. The first-order valence-corrected chi connectivity index (χ1v) is 10.3. The molecule has 2 aromatic rings. The van der Waals surface area contributed by atoms with Crippen molar-refractivity contribution in [2.45, 2.75) is 41.0 Å². The highest BCUT2D eigenvalue weighted by atomic mass is 35.5. The van der Waals surface area contributed by atoms with Crippen LogP contribution in [-0.2, 0) is 4.79 Å². The van der Waals surface area contributed by atoms with Crippen LogP contribution in [0.25, 0.3) is 6.08 Å². The van der Waals surface area contributed by atoms with Crippen LogP contribution in [0.4, 0.5) is 5.69 Å². The highest BCUT2D eigenvalue weighted by molar-refractivity contribution is 6.32. The fourth-order valence-corrected chi connectivity index (χ4v) is 3.43. The number of hydrogen-bond donors (Lipinski definition) is 1. The summed E-state index contributed by atoms with van der Waals surface area (Å²) in [6.07, 6.45) is 2.33. The number of benzene rings is 2. The third-order valence-corrected chi connectivity index (χ3v) is 4.65. The number of aryl methyl sites for hydroxylation is 3. The van der Waals surface area contributed by atoms with Crippen molar-refractivity contribution in [3.63, 3.8) is 0 Å². The number of rotatable bonds is 8. The zero-order valence-corrected chi connectivity index (χ0v) is 18.8. The second-order valence-electron chi connectivity index (χ2n) is 7.01. The molecule has 0 spiro atoms. The minimum atomic E-state index is -0.479. The van der Waals surface area contributed by atoms with Crippen molar-refractivity contribution < 1.29 is 14.3 Å². The summed E-state index contributed by atoms with van der Waals surface area (Å²) in [5, 5.41) is 12.8. The molecule has 6 heteroatoms. The molecule has 2 aromatic carbocycles. The van der Waals surface area contributed by atoms with Crippen LogP contribution in [-0.4, -0.2) is 19.1 Å². The number of nitrogens with zero attached hydrogens (tertiary/aromatic N) is 1. The smallest absolute Gasteiger partial charge is 0.266 e. The SMILES string of the molecule is CCCOc1c(Cl)cc(/C=C(\C#N)C(=O)Nc2c(C)cc(C)cc2C)cc1OCC. The van der Waals surface area contributed by atoms with Crippen molar-refractivity contribution in [1.29, 1.82) is 5.26 Å². The Bertz CT molecular complexity index is 983. The van der Waals surface area contributed by atoms with E-state index in [0.29, 0.717) is 41.0 Å². The summed E-state index contributed by atoms with van der Waals surface area (Å²) in [5.41, 5.74) is 4.26. The minimum absolute atomic E-state index is 0.0323. The lowest BCUT2D eigenvalue weighted by atomic mass is 10.0. The largest absolute Gasteiger partial charge is 0.490 e. The van der Waals surface area contributed by atoms with Gasteiger partial charge in [0.15, 0.2) is 11.5 Å². The molecule has 0 bridgehead atoms. The van der Waals surface area contributed by atoms with Gasteiger partial charge in [-0.15, -0.1) is 0 Å². The quantitative estimate of drug-likeness (QED) is 0.415. The maximum absolute atomic E-state index is 12.8. The number of hydrogen-bond acceptors (Lipinski definition) is 4. The van der Waals surface area contributed by atoms with Crippen LogP contribution in [0.15, 0.2) is 29.8 Å². The summed E-state index contributed by atoms with van der Waals surface area (Å²) < 4.78 is 11.3. The van der Waals surface area contributed by atoms with E-state index in [-0.39, 0.29) is 5.57 Å². The minimum Gasteiger partial charge on any atom is -0.490 e. The van der Waals surface area contributed by atoms with Gasteiger partial charge < -0.3 is 14.8 Å². The molecule has 0 heterocycles. The maximum Gasteiger partial charge on any atom is 0.266 e. The molecule has 1 amide bonds. The van der Waals surface area contributed by atoms with Crippen LogP contribution in [0.2, 0.25) is 5.02 Å². The second kappa shape index (κ2) is 10.7. The normalized spacial score (nSPS) is 11.0. The van der Waals surface area contributed by atoms with Crippen LogP contribution >= 0.6 is 11.6 Å². The third kappa shape index (κ3) is 5.77. The summed E-state index contributed by atoms with van der Waals surface area (Å²) in [4.78, 5) is 12.8. The van der Waals surface area contributed by atoms with Crippen molar-refractivity contribution in [2.75, 3.05) is 18.5 Å². The van der Waals surface area contributed by atoms with Crippen molar-refractivity contribution in [3.8, 4) is 17.6 Å². The molecule has 0 aliphatic heterocycles. The lowest BCUT2D eigenvalue weighted by Gasteiger charge is -2.14. The van der Waals surface area contributed by atoms with E-state index in [9.17, 15) is 10.1 Å². The van der Waals surface area contributed by atoms with Gasteiger partial charge in [-0.1, -0.05) is 36.2 Å². The Morgan fingerprint density at radius 2 is 1.80 bits per heavy atom. The van der Waals surface area contributed by atoms with Crippen molar-refractivity contribution in [2.24, 2.45) is 0 Å². The highest BCUT2D eigenvalue weighted by Gasteiger charge is 2.16. The number of nitrogens with one attached hydrogen (secondary N) is 1. The second-order valence-corrected chi connectivity index (χ2v) is 7.42. The average molecular weight is 427 g/mol. The van der Waals surface area contributed by atoms with Crippen molar-refractivity contribution in [1.82, 2.24) is 0 Å². The van der Waals surface area contributed by atoms with E-state index in [1.54, 1.807) is 12.1 Å². The molecule has 0 aromatic heterocycles. The number of carbonyl (C=O) groups excluding carboxylic acids is 1. The van der Waals surface area contributed by atoms with Crippen LogP contribution in [0.5, 0.6) is 11.5 Å². The van der Waals surface area contributed by atoms with Crippen LogP contribution in [0.1, 0.15) is 42.5 Å². The van der Waals surface area contributed by atoms with Gasteiger partial charge in [-0.05, 0) is 69.0 Å². The molecular weight excluding hydrogens is 400 g/mol. The average Bonchev–Trinajstić information content (AvgIpc) is 2.68. The summed E-state index contributed by atoms with van der Waals surface area (Å²) >= 11 is 6.38. The lowest BCUT2D eigenvalue weighted by Crippen LogP contribution is -2.15. The number of halogens is 1. The zero-order chi connectivity index (χ0) is 22.3. The zero-order valence-electron chi connectivity index (χ0n) is 18.1. The molecule has 0 radical (unpaired) electrons. The third-order valence-electron chi connectivity index (χ3n) is 4.37. The fraction of sp³-hybridized carbons (Fsp3) is 0.333. The van der Waals surface area contributed by atoms with Gasteiger partial charge >= 0.3 is 0 Å². The Morgan fingerprint density at radius 1 is 1.13 bits per heavy atom. The van der Waals surface area contributed by atoms with Gasteiger partial charge in [0.1, 0.15) is 11.6 Å². The Hall–Kier alpha value is -2.97. The van der Waals surface area contributed by atoms with Gasteiger partial charge in [0.2, 0.25) is 0 Å². The molecular formula is C24H27ClN2O3. The fourth-order valence-electron chi connectivity index (χ4n) is 3.15. The first kappa shape index (κ1) is 23.3. The Balaban J connectivity index is 2.37. The molecule has 0 aliphatic rings. The molecule has 158 valence electrons. The molecule has 0 saturated heterocycles. The van der Waals surface area contributed by atoms with E-state index in [1.807, 2.05) is 52.8 Å². The van der Waals surface area contributed by atoms with E-state index < -0.39 is 5.91 Å². The number of amides is 1. The van der Waals surface area contributed by atoms with Crippen LogP contribution < -0.4 is 14.8 Å². The van der Waals surface area contributed by atoms with Crippen molar-refractivity contribution >= 4 is 29.3 Å². The molecule has 5 nitrogen and oxygen atoms in total. The summed E-state index contributed by atoms with van der Waals surface area (Å²) in [6.45, 7) is 10.7. The molecule has 0 fully saturated rings. The number of nitriles is 1. The van der Waals surface area contributed by atoms with Crippen molar-refractivity contribution in [3.05, 3.63) is 57.1 Å². The first-order chi connectivity index (χ1) is 14.3. The molecule has 30 heavy (non-hydrogen) atoms. The van der Waals surface area contributed by atoms with Gasteiger partial charge in [0.25, 0.3) is 5.91 Å². The molecule has 0 atom stereocenters.